The van der Waals surface area contributed by atoms with Crippen molar-refractivity contribution in [3.63, 3.8) is 0 Å². The highest BCUT2D eigenvalue weighted by atomic mass is 19.1. The molecule has 1 fully saturated rings. The molecule has 3 rings (SSSR count). The molecule has 0 radical (unpaired) electrons. The molecular weight excluding hydrogens is 295 g/mol. The lowest BCUT2D eigenvalue weighted by Gasteiger charge is -2.18. The maximum Gasteiger partial charge on any atom is 0.232 e. The number of nitrogens with zero attached hydrogens (tertiary/aromatic N) is 4. The van der Waals surface area contributed by atoms with Crippen molar-refractivity contribution < 1.29 is 4.39 Å². The fourth-order valence-corrected chi connectivity index (χ4v) is 2.72. The molecule has 0 atom stereocenters. The Labute approximate surface area is 135 Å². The predicted molar refractivity (Wildman–Crippen MR) is 87.7 cm³/mol. The molecule has 122 valence electrons. The summed E-state index contributed by atoms with van der Waals surface area (Å²) < 4.78 is 13.0. The fourth-order valence-electron chi connectivity index (χ4n) is 2.72. The number of aromatic nitrogens is 3. The minimum atomic E-state index is -0.285. The second kappa shape index (κ2) is 7.32. The van der Waals surface area contributed by atoms with Gasteiger partial charge in [0.25, 0.3) is 0 Å². The normalized spacial score (nSPS) is 16.0. The summed E-state index contributed by atoms with van der Waals surface area (Å²) >= 11 is 0. The van der Waals surface area contributed by atoms with Gasteiger partial charge < -0.3 is 11.1 Å². The summed E-state index contributed by atoms with van der Waals surface area (Å²) in [4.78, 5) is 15.1. The molecule has 23 heavy (non-hydrogen) atoms. The number of hydrogen-bond acceptors (Lipinski definition) is 6. The number of halogens is 1. The van der Waals surface area contributed by atoms with Crippen LogP contribution in [0.25, 0.3) is 0 Å². The molecule has 0 saturated carbocycles. The van der Waals surface area contributed by atoms with Gasteiger partial charge in [-0.1, -0.05) is 12.8 Å². The molecule has 7 heteroatoms. The molecule has 2 aromatic rings. The van der Waals surface area contributed by atoms with Crippen LogP contribution in [0.5, 0.6) is 0 Å². The standard InChI is InChI=1S/C16H21FN6/c17-12-5-7-13(8-6-12)19-16-21-14(20-15(18)22-16)11-23-9-3-1-2-4-10-23/h5-8H,1-4,9-11H2,(H3,18,19,20,21,22). The van der Waals surface area contributed by atoms with Crippen LogP contribution in [-0.4, -0.2) is 32.9 Å². The summed E-state index contributed by atoms with van der Waals surface area (Å²) in [5, 5.41) is 3.03. The Morgan fingerprint density at radius 3 is 2.39 bits per heavy atom. The second-order valence-electron chi connectivity index (χ2n) is 5.76. The van der Waals surface area contributed by atoms with Crippen molar-refractivity contribution in [2.24, 2.45) is 0 Å². The Morgan fingerprint density at radius 2 is 1.70 bits per heavy atom. The van der Waals surface area contributed by atoms with Crippen LogP contribution in [0.1, 0.15) is 31.5 Å². The smallest absolute Gasteiger partial charge is 0.232 e. The van der Waals surface area contributed by atoms with Gasteiger partial charge >= 0.3 is 0 Å². The predicted octanol–water partition coefficient (Wildman–Crippen LogP) is 2.71. The average molecular weight is 316 g/mol. The third-order valence-corrected chi connectivity index (χ3v) is 3.86. The fraction of sp³-hybridized carbons (Fsp3) is 0.438. The number of rotatable bonds is 4. The zero-order chi connectivity index (χ0) is 16.1. The summed E-state index contributed by atoms with van der Waals surface area (Å²) in [7, 11) is 0. The first-order chi connectivity index (χ1) is 11.2. The zero-order valence-electron chi connectivity index (χ0n) is 13.0. The van der Waals surface area contributed by atoms with Gasteiger partial charge in [0.15, 0.2) is 0 Å². The zero-order valence-corrected chi connectivity index (χ0v) is 13.0. The Balaban J connectivity index is 1.71. The Kier molecular flexibility index (Phi) is 4.97. The average Bonchev–Trinajstić information content (AvgIpc) is 2.78. The number of hydrogen-bond donors (Lipinski definition) is 2. The van der Waals surface area contributed by atoms with E-state index in [1.54, 1.807) is 12.1 Å². The summed E-state index contributed by atoms with van der Waals surface area (Å²) in [6.45, 7) is 2.80. The van der Waals surface area contributed by atoms with Crippen LogP contribution >= 0.6 is 0 Å². The van der Waals surface area contributed by atoms with Crippen molar-refractivity contribution in [2.75, 3.05) is 24.1 Å². The van der Waals surface area contributed by atoms with Gasteiger partial charge in [0.2, 0.25) is 11.9 Å². The maximum atomic E-state index is 13.0. The quantitative estimate of drug-likeness (QED) is 0.903. The molecule has 1 aromatic heterocycles. The van der Waals surface area contributed by atoms with Gasteiger partial charge in [-0.05, 0) is 50.2 Å². The maximum absolute atomic E-state index is 13.0. The van der Waals surface area contributed by atoms with Crippen molar-refractivity contribution in [3.8, 4) is 0 Å². The van der Waals surface area contributed by atoms with Crippen LogP contribution in [0.4, 0.5) is 22.0 Å². The highest BCUT2D eigenvalue weighted by Crippen LogP contribution is 2.16. The molecule has 0 spiro atoms. The van der Waals surface area contributed by atoms with Gasteiger partial charge in [-0.25, -0.2) is 4.39 Å². The van der Waals surface area contributed by atoms with Crippen LogP contribution in [0.3, 0.4) is 0 Å². The highest BCUT2D eigenvalue weighted by Gasteiger charge is 2.12. The summed E-state index contributed by atoms with van der Waals surface area (Å²) in [6, 6.07) is 6.02. The minimum Gasteiger partial charge on any atom is -0.368 e. The van der Waals surface area contributed by atoms with Crippen LogP contribution in [0.15, 0.2) is 24.3 Å². The molecule has 1 saturated heterocycles. The van der Waals surface area contributed by atoms with E-state index >= 15 is 0 Å². The van der Waals surface area contributed by atoms with E-state index in [-0.39, 0.29) is 11.8 Å². The van der Waals surface area contributed by atoms with Crippen molar-refractivity contribution >= 4 is 17.6 Å². The molecule has 1 aliphatic rings. The van der Waals surface area contributed by atoms with E-state index < -0.39 is 0 Å². The highest BCUT2D eigenvalue weighted by molar-refractivity contribution is 5.53. The SMILES string of the molecule is Nc1nc(CN2CCCCCC2)nc(Nc2ccc(F)cc2)n1. The Morgan fingerprint density at radius 1 is 1.00 bits per heavy atom. The van der Waals surface area contributed by atoms with Gasteiger partial charge in [0, 0.05) is 5.69 Å². The van der Waals surface area contributed by atoms with E-state index in [1.807, 2.05) is 0 Å². The van der Waals surface area contributed by atoms with Crippen LogP contribution in [0.2, 0.25) is 0 Å². The number of likely N-dealkylation sites (tertiary alicyclic amines) is 1. The second-order valence-corrected chi connectivity index (χ2v) is 5.76. The minimum absolute atomic E-state index is 0.189. The third-order valence-electron chi connectivity index (χ3n) is 3.86. The summed E-state index contributed by atoms with van der Waals surface area (Å²) in [6.07, 6.45) is 4.99. The number of nitrogens with two attached hydrogens (primary N) is 1. The number of nitrogen functional groups attached to an aromatic ring is 1. The van der Waals surface area contributed by atoms with Crippen molar-refractivity contribution in [2.45, 2.75) is 32.2 Å². The number of nitrogens with one attached hydrogen (secondary N) is 1. The Hall–Kier alpha value is -2.28. The Bertz CT molecular complexity index is 638. The van der Waals surface area contributed by atoms with Crippen molar-refractivity contribution in [1.82, 2.24) is 19.9 Å². The number of anilines is 3. The van der Waals surface area contributed by atoms with Crippen molar-refractivity contribution in [3.05, 3.63) is 35.9 Å². The summed E-state index contributed by atoms with van der Waals surface area (Å²) in [5.41, 5.74) is 6.50. The summed E-state index contributed by atoms with van der Waals surface area (Å²) in [5.74, 6) is 0.944. The monoisotopic (exact) mass is 316 g/mol. The van der Waals surface area contributed by atoms with Gasteiger partial charge in [-0.2, -0.15) is 15.0 Å². The van der Waals surface area contributed by atoms with Crippen LogP contribution in [0, 0.1) is 5.82 Å². The first kappa shape index (κ1) is 15.6. The van der Waals surface area contributed by atoms with E-state index in [0.717, 1.165) is 13.1 Å². The van der Waals surface area contributed by atoms with Crippen molar-refractivity contribution in [1.29, 1.82) is 0 Å². The lowest BCUT2D eigenvalue weighted by molar-refractivity contribution is 0.270. The van der Waals surface area contributed by atoms with E-state index in [4.69, 9.17) is 5.73 Å². The molecule has 0 aliphatic carbocycles. The van der Waals surface area contributed by atoms with Gasteiger partial charge in [-0.15, -0.1) is 0 Å². The lowest BCUT2D eigenvalue weighted by atomic mass is 10.2. The van der Waals surface area contributed by atoms with Crippen LogP contribution < -0.4 is 11.1 Å². The first-order valence-electron chi connectivity index (χ1n) is 7.94. The third kappa shape index (κ3) is 4.59. The van der Waals surface area contributed by atoms with E-state index in [2.05, 4.69) is 25.2 Å². The lowest BCUT2D eigenvalue weighted by Crippen LogP contribution is -2.25. The molecular formula is C16H21FN6. The molecule has 0 amide bonds. The van der Waals surface area contributed by atoms with E-state index in [1.165, 1.54) is 37.8 Å². The largest absolute Gasteiger partial charge is 0.368 e. The molecule has 6 nitrogen and oxygen atoms in total. The van der Waals surface area contributed by atoms with Gasteiger partial charge in [-0.3, -0.25) is 4.90 Å². The van der Waals surface area contributed by atoms with E-state index in [0.29, 0.717) is 24.0 Å². The van der Waals surface area contributed by atoms with E-state index in [9.17, 15) is 4.39 Å². The molecule has 0 bridgehead atoms. The van der Waals surface area contributed by atoms with Crippen LogP contribution in [-0.2, 0) is 6.54 Å². The van der Waals surface area contributed by atoms with Gasteiger partial charge in [0.1, 0.15) is 11.6 Å². The number of benzene rings is 1. The molecule has 2 heterocycles. The molecule has 3 N–H and O–H groups in total. The molecule has 1 aliphatic heterocycles. The first-order valence-corrected chi connectivity index (χ1v) is 7.94. The molecule has 1 aromatic carbocycles. The van der Waals surface area contributed by atoms with Gasteiger partial charge in [0.05, 0.1) is 6.54 Å². The molecule has 0 unspecified atom stereocenters. The topological polar surface area (TPSA) is 80.0 Å².